The molecule has 0 aromatic carbocycles. The van der Waals surface area contributed by atoms with Crippen LogP contribution >= 0.6 is 24.0 Å². The molecule has 0 aromatic heterocycles. The fourth-order valence-corrected chi connectivity index (χ4v) is 3.17. The third kappa shape index (κ3) is 4.48. The van der Waals surface area contributed by atoms with Gasteiger partial charge in [-0.15, -0.1) is 24.0 Å². The van der Waals surface area contributed by atoms with Crippen LogP contribution in [0.4, 0.5) is 0 Å². The van der Waals surface area contributed by atoms with Crippen molar-refractivity contribution in [2.75, 3.05) is 19.6 Å². The van der Waals surface area contributed by atoms with Gasteiger partial charge in [0.2, 0.25) is 0 Å². The molecule has 1 saturated carbocycles. The molecule has 2 fully saturated rings. The van der Waals surface area contributed by atoms with Crippen molar-refractivity contribution >= 4 is 29.9 Å². The summed E-state index contributed by atoms with van der Waals surface area (Å²) in [5, 5.41) is 10.2. The summed E-state index contributed by atoms with van der Waals surface area (Å²) in [6.45, 7) is 7.15. The largest absolute Gasteiger partial charge is 0.392 e. The molecule has 20 heavy (non-hydrogen) atoms. The van der Waals surface area contributed by atoms with Gasteiger partial charge in [0.05, 0.1) is 12.6 Å². The second-order valence-electron chi connectivity index (χ2n) is 6.76. The monoisotopic (exact) mass is 395 g/mol. The Hall–Kier alpha value is -0.0400. The molecule has 1 heterocycles. The molecule has 2 rings (SSSR count). The number of hydrogen-bond acceptors (Lipinski definition) is 2. The van der Waals surface area contributed by atoms with Crippen LogP contribution in [0.15, 0.2) is 4.99 Å². The fraction of sp³-hybridized carbons (Fsp3) is 0.933. The quantitative estimate of drug-likeness (QED) is 0.429. The normalized spacial score (nSPS) is 32.9. The Morgan fingerprint density at radius 1 is 1.30 bits per heavy atom. The van der Waals surface area contributed by atoms with Crippen molar-refractivity contribution in [3.63, 3.8) is 0 Å². The Morgan fingerprint density at radius 3 is 2.55 bits per heavy atom. The molecular weight excluding hydrogens is 365 g/mol. The molecule has 2 aliphatic rings. The van der Waals surface area contributed by atoms with Gasteiger partial charge in [0.15, 0.2) is 5.96 Å². The summed E-state index contributed by atoms with van der Waals surface area (Å²) in [7, 11) is 0. The van der Waals surface area contributed by atoms with E-state index < -0.39 is 0 Å². The molecule has 4 nitrogen and oxygen atoms in total. The highest BCUT2D eigenvalue weighted by Crippen LogP contribution is 2.36. The lowest BCUT2D eigenvalue weighted by atomic mass is 9.73. The van der Waals surface area contributed by atoms with E-state index >= 15 is 0 Å². The van der Waals surface area contributed by atoms with Crippen LogP contribution in [0.5, 0.6) is 0 Å². The molecule has 1 saturated heterocycles. The maximum atomic E-state index is 10.2. The molecule has 1 aliphatic carbocycles. The van der Waals surface area contributed by atoms with Crippen molar-refractivity contribution in [2.24, 2.45) is 22.1 Å². The third-order valence-electron chi connectivity index (χ3n) is 4.99. The number of likely N-dealkylation sites (tertiary alicyclic amines) is 1. The molecule has 118 valence electrons. The zero-order valence-corrected chi connectivity index (χ0v) is 15.2. The Balaban J connectivity index is 0.00000200. The van der Waals surface area contributed by atoms with Crippen LogP contribution < -0.4 is 5.73 Å². The number of nitrogens with zero attached hydrogens (tertiary/aromatic N) is 2. The van der Waals surface area contributed by atoms with E-state index in [1.807, 2.05) is 0 Å². The molecule has 0 spiro atoms. The molecular formula is C15H30IN3O. The second kappa shape index (κ2) is 7.82. The van der Waals surface area contributed by atoms with Gasteiger partial charge in [-0.05, 0) is 31.6 Å². The first-order valence-electron chi connectivity index (χ1n) is 7.74. The van der Waals surface area contributed by atoms with E-state index in [0.717, 1.165) is 38.3 Å². The number of aliphatic hydroxyl groups excluding tert-OH is 1. The first-order chi connectivity index (χ1) is 9.01. The van der Waals surface area contributed by atoms with Gasteiger partial charge < -0.3 is 15.7 Å². The van der Waals surface area contributed by atoms with Crippen LogP contribution in [0, 0.1) is 11.3 Å². The second-order valence-corrected chi connectivity index (χ2v) is 6.76. The average Bonchev–Trinajstić information content (AvgIpc) is 2.41. The number of guanidine groups is 1. The number of nitrogens with two attached hydrogens (primary N) is 1. The zero-order valence-electron chi connectivity index (χ0n) is 12.8. The highest BCUT2D eigenvalue weighted by Gasteiger charge is 2.35. The van der Waals surface area contributed by atoms with Crippen molar-refractivity contribution < 1.29 is 5.11 Å². The number of aliphatic hydroxyl groups is 1. The maximum absolute atomic E-state index is 10.2. The minimum absolute atomic E-state index is 0. The van der Waals surface area contributed by atoms with Crippen LogP contribution in [0.3, 0.4) is 0 Å². The minimum Gasteiger partial charge on any atom is -0.392 e. The molecule has 3 N–H and O–H groups in total. The number of aliphatic imine (C=N–C) groups is 1. The Bertz CT molecular complexity index is 329. The van der Waals surface area contributed by atoms with Crippen molar-refractivity contribution in [3.8, 4) is 0 Å². The van der Waals surface area contributed by atoms with Crippen LogP contribution in [0.2, 0.25) is 0 Å². The van der Waals surface area contributed by atoms with Gasteiger partial charge in [-0.3, -0.25) is 4.99 Å². The van der Waals surface area contributed by atoms with Crippen molar-refractivity contribution in [1.82, 2.24) is 4.90 Å². The van der Waals surface area contributed by atoms with Crippen molar-refractivity contribution in [3.05, 3.63) is 0 Å². The van der Waals surface area contributed by atoms with Crippen LogP contribution in [-0.2, 0) is 0 Å². The molecule has 5 heteroatoms. The van der Waals surface area contributed by atoms with E-state index in [1.54, 1.807) is 0 Å². The molecule has 0 aromatic rings. The minimum atomic E-state index is -0.223. The topological polar surface area (TPSA) is 61.8 Å². The van der Waals surface area contributed by atoms with Crippen molar-refractivity contribution in [2.45, 2.75) is 58.5 Å². The first-order valence-corrected chi connectivity index (χ1v) is 7.74. The van der Waals surface area contributed by atoms with E-state index in [9.17, 15) is 5.11 Å². The molecule has 1 aliphatic heterocycles. The standard InChI is InChI=1S/C15H29N3O.HI/c1-12-6-9-18(10-7-12)14(16)17-11-15(2)8-4-3-5-13(15)19;/h12-13,19H,3-11H2,1-2H3,(H2,16,17);1H. The predicted molar refractivity (Wildman–Crippen MR) is 94.5 cm³/mol. The number of hydrogen-bond donors (Lipinski definition) is 2. The zero-order chi connectivity index (χ0) is 13.9. The summed E-state index contributed by atoms with van der Waals surface area (Å²) in [5.41, 5.74) is 6.03. The number of rotatable bonds is 2. The van der Waals surface area contributed by atoms with E-state index in [4.69, 9.17) is 5.73 Å². The summed E-state index contributed by atoms with van der Waals surface area (Å²) < 4.78 is 0. The van der Waals surface area contributed by atoms with Crippen LogP contribution in [0.1, 0.15) is 52.4 Å². The summed E-state index contributed by atoms with van der Waals surface area (Å²) in [6, 6.07) is 0. The van der Waals surface area contributed by atoms with Gasteiger partial charge in [-0.2, -0.15) is 0 Å². The van der Waals surface area contributed by atoms with Crippen molar-refractivity contribution in [1.29, 1.82) is 0 Å². The lowest BCUT2D eigenvalue weighted by Crippen LogP contribution is -2.44. The first kappa shape index (κ1) is 18.0. The van der Waals surface area contributed by atoms with E-state index in [0.29, 0.717) is 12.5 Å². The van der Waals surface area contributed by atoms with Gasteiger partial charge in [0.25, 0.3) is 0 Å². The van der Waals surface area contributed by atoms with Gasteiger partial charge in [0.1, 0.15) is 0 Å². The smallest absolute Gasteiger partial charge is 0.191 e. The van der Waals surface area contributed by atoms with Crippen LogP contribution in [0.25, 0.3) is 0 Å². The van der Waals surface area contributed by atoms with Gasteiger partial charge in [-0.25, -0.2) is 0 Å². The number of piperidine rings is 1. The number of halogens is 1. The SMILES string of the molecule is CC1CCN(C(N)=NCC2(C)CCCCC2O)CC1.I. The summed E-state index contributed by atoms with van der Waals surface area (Å²) in [6.07, 6.45) is 6.49. The van der Waals surface area contributed by atoms with Gasteiger partial charge >= 0.3 is 0 Å². The van der Waals surface area contributed by atoms with E-state index in [1.165, 1.54) is 19.3 Å². The highest BCUT2D eigenvalue weighted by molar-refractivity contribution is 14.0. The summed E-state index contributed by atoms with van der Waals surface area (Å²) in [5.74, 6) is 1.48. The molecule has 0 bridgehead atoms. The van der Waals surface area contributed by atoms with E-state index in [2.05, 4.69) is 23.7 Å². The van der Waals surface area contributed by atoms with Gasteiger partial charge in [0, 0.05) is 18.5 Å². The predicted octanol–water partition coefficient (Wildman–Crippen LogP) is 2.59. The highest BCUT2D eigenvalue weighted by atomic mass is 127. The Kier molecular flexibility index (Phi) is 7.04. The fourth-order valence-electron chi connectivity index (χ4n) is 3.17. The lowest BCUT2D eigenvalue weighted by Gasteiger charge is -2.38. The van der Waals surface area contributed by atoms with Gasteiger partial charge in [-0.1, -0.05) is 26.7 Å². The molecule has 2 unspecified atom stereocenters. The van der Waals surface area contributed by atoms with E-state index in [-0.39, 0.29) is 35.5 Å². The maximum Gasteiger partial charge on any atom is 0.191 e. The molecule has 0 amide bonds. The van der Waals surface area contributed by atoms with Crippen LogP contribution in [-0.4, -0.2) is 41.7 Å². The Morgan fingerprint density at radius 2 is 1.95 bits per heavy atom. The average molecular weight is 395 g/mol. The third-order valence-corrected chi connectivity index (χ3v) is 4.99. The molecule has 0 radical (unpaired) electrons. The lowest BCUT2D eigenvalue weighted by molar-refractivity contribution is 0.00705. The Labute approximate surface area is 140 Å². The molecule has 2 atom stereocenters. The summed E-state index contributed by atoms with van der Waals surface area (Å²) in [4.78, 5) is 6.77. The summed E-state index contributed by atoms with van der Waals surface area (Å²) >= 11 is 0.